The first-order valence-electron chi connectivity index (χ1n) is 7.94. The Morgan fingerprint density at radius 2 is 1.08 bits per heavy atom. The molecule has 0 aromatic carbocycles. The number of fused-ring (bicyclic) bond motifs is 2. The van der Waals surface area contributed by atoms with Crippen molar-refractivity contribution in [2.75, 3.05) is 26.4 Å². The molecule has 4 aliphatic rings. The molecule has 4 heterocycles. The Bertz CT molecular complexity index is 522. The van der Waals surface area contributed by atoms with Gasteiger partial charge in [-0.3, -0.25) is 0 Å². The minimum absolute atomic E-state index is 0.00312. The molecular weight excluding hydrogens is 396 g/mol. The molecule has 4 rings (SSSR count). The molecule has 4 aliphatic heterocycles. The van der Waals surface area contributed by atoms with Crippen molar-refractivity contribution in [3.8, 4) is 0 Å². The highest BCUT2D eigenvalue weighted by atomic mass is 33.1. The number of rotatable bonds is 7. The zero-order chi connectivity index (χ0) is 18.3. The third-order valence-electron chi connectivity index (χ3n) is 4.67. The van der Waals surface area contributed by atoms with Gasteiger partial charge < -0.3 is 28.6 Å². The minimum atomic E-state index is -0.828. The van der Waals surface area contributed by atoms with Crippen LogP contribution in [0, 0.1) is 20.2 Å². The lowest BCUT2D eigenvalue weighted by Gasteiger charge is -2.19. The van der Waals surface area contributed by atoms with E-state index in [1.54, 1.807) is 21.6 Å². The highest BCUT2D eigenvalue weighted by Gasteiger charge is 2.52. The maximum absolute atomic E-state index is 10.5. The predicted molar refractivity (Wildman–Crippen MR) is 85.5 cm³/mol. The van der Waals surface area contributed by atoms with Gasteiger partial charge in [-0.25, -0.2) is 0 Å². The molecule has 0 spiro atoms. The number of hydrogen-bond acceptors (Lipinski definition) is 12. The second-order valence-corrected chi connectivity index (χ2v) is 8.95. The van der Waals surface area contributed by atoms with Crippen molar-refractivity contribution in [1.29, 1.82) is 0 Å². The quantitative estimate of drug-likeness (QED) is 0.312. The van der Waals surface area contributed by atoms with Gasteiger partial charge in [0.05, 0.1) is 36.9 Å². The molecule has 146 valence electrons. The van der Waals surface area contributed by atoms with Gasteiger partial charge in [0.2, 0.25) is 0 Å². The molecule has 0 saturated carbocycles. The molecule has 26 heavy (non-hydrogen) atoms. The van der Waals surface area contributed by atoms with Crippen molar-refractivity contribution < 1.29 is 38.8 Å². The van der Waals surface area contributed by atoms with E-state index in [0.717, 1.165) is 0 Å². The van der Waals surface area contributed by atoms with Crippen molar-refractivity contribution in [1.82, 2.24) is 0 Å². The van der Waals surface area contributed by atoms with Gasteiger partial charge in [0.15, 0.2) is 12.2 Å². The first-order valence-corrected chi connectivity index (χ1v) is 10.2. The molecule has 0 aromatic rings. The normalized spacial score (nSPS) is 43.8. The van der Waals surface area contributed by atoms with Crippen LogP contribution >= 0.6 is 21.6 Å². The molecule has 0 aromatic heterocycles. The second kappa shape index (κ2) is 7.52. The Morgan fingerprint density at radius 1 is 0.692 bits per heavy atom. The molecule has 0 N–H and O–H groups in total. The topological polar surface area (TPSA) is 142 Å². The Balaban J connectivity index is 1.27. The summed E-state index contributed by atoms with van der Waals surface area (Å²) >= 11 is 0. The van der Waals surface area contributed by atoms with E-state index in [2.05, 4.69) is 9.68 Å². The fraction of sp³-hybridized carbons (Fsp3) is 1.00. The molecule has 0 aliphatic carbocycles. The van der Waals surface area contributed by atoms with Gasteiger partial charge in [0.25, 0.3) is 10.2 Å². The van der Waals surface area contributed by atoms with Crippen LogP contribution in [0.2, 0.25) is 0 Å². The predicted octanol–water partition coefficient (Wildman–Crippen LogP) is -0.146. The summed E-state index contributed by atoms with van der Waals surface area (Å²) < 4.78 is 22.5. The van der Waals surface area contributed by atoms with Crippen LogP contribution in [-0.2, 0) is 28.6 Å². The summed E-state index contributed by atoms with van der Waals surface area (Å²) in [6.07, 6.45) is -2.86. The van der Waals surface area contributed by atoms with Crippen LogP contribution in [0.4, 0.5) is 0 Å². The van der Waals surface area contributed by atoms with E-state index < -0.39 is 34.6 Å². The van der Waals surface area contributed by atoms with E-state index in [0.29, 0.717) is 13.2 Å². The molecule has 4 saturated heterocycles. The molecule has 0 amide bonds. The maximum Gasteiger partial charge on any atom is 0.294 e. The second-order valence-electron chi connectivity index (χ2n) is 6.20. The highest BCUT2D eigenvalue weighted by molar-refractivity contribution is 8.77. The molecular formula is C12H16N2O10S2. The van der Waals surface area contributed by atoms with Crippen LogP contribution in [0.5, 0.6) is 0 Å². The lowest BCUT2D eigenvalue weighted by molar-refractivity contribution is -0.769. The van der Waals surface area contributed by atoms with Crippen molar-refractivity contribution in [2.24, 2.45) is 0 Å². The Hall–Kier alpha value is -1.06. The standard InChI is InChI=1S/C12H16N2O10S2/c15-13(16)23-5-1-19-11-7(3-21-9(5)11)25-26-8-4-22-10-6(24-14(17)18)2-20-12(8)10/h5-12H,1-4H2/t5-,6-,7+,8+,9-,10-,11-,12-/m1/s1. The molecule has 0 unspecified atom stereocenters. The Labute approximate surface area is 154 Å². The fourth-order valence-electron chi connectivity index (χ4n) is 3.57. The van der Waals surface area contributed by atoms with E-state index in [-0.39, 0.29) is 35.9 Å². The number of hydrogen-bond donors (Lipinski definition) is 0. The van der Waals surface area contributed by atoms with Gasteiger partial charge in [-0.1, -0.05) is 21.6 Å². The third-order valence-corrected chi connectivity index (χ3v) is 7.90. The van der Waals surface area contributed by atoms with Crippen LogP contribution in [0.1, 0.15) is 0 Å². The summed E-state index contributed by atoms with van der Waals surface area (Å²) in [5.41, 5.74) is 0. The average molecular weight is 412 g/mol. The summed E-state index contributed by atoms with van der Waals surface area (Å²) in [7, 11) is 3.10. The molecule has 4 fully saturated rings. The molecule has 14 heteroatoms. The van der Waals surface area contributed by atoms with Crippen LogP contribution in [0.3, 0.4) is 0 Å². The smallest absolute Gasteiger partial charge is 0.294 e. The molecule has 12 nitrogen and oxygen atoms in total. The van der Waals surface area contributed by atoms with E-state index in [1.165, 1.54) is 0 Å². The molecule has 0 radical (unpaired) electrons. The maximum atomic E-state index is 10.5. The lowest BCUT2D eigenvalue weighted by atomic mass is 10.1. The van der Waals surface area contributed by atoms with Gasteiger partial charge in [-0.15, -0.1) is 20.2 Å². The molecule has 8 atom stereocenters. The van der Waals surface area contributed by atoms with E-state index >= 15 is 0 Å². The highest BCUT2D eigenvalue weighted by Crippen LogP contribution is 2.45. The Morgan fingerprint density at radius 3 is 1.46 bits per heavy atom. The van der Waals surface area contributed by atoms with Crippen molar-refractivity contribution in [3.63, 3.8) is 0 Å². The van der Waals surface area contributed by atoms with Crippen molar-refractivity contribution in [3.05, 3.63) is 20.2 Å². The summed E-state index contributed by atoms with van der Waals surface area (Å²) in [6.45, 7) is 1.05. The Kier molecular flexibility index (Phi) is 5.29. The lowest BCUT2D eigenvalue weighted by Crippen LogP contribution is -2.34. The van der Waals surface area contributed by atoms with Crippen LogP contribution in [0.25, 0.3) is 0 Å². The third kappa shape index (κ3) is 3.53. The SMILES string of the molecule is O=[N+]([O-])O[C@@H]1CO[C@H]2[C@@H]1OC[C@@H]2SS[C@H]1CO[C@H]2[C@@H]1OC[C@H]2O[N+](=O)[O-]. The molecule has 0 bridgehead atoms. The monoisotopic (exact) mass is 412 g/mol. The van der Waals surface area contributed by atoms with Gasteiger partial charge in [-0.05, 0) is 0 Å². The summed E-state index contributed by atoms with van der Waals surface area (Å²) in [4.78, 5) is 30.2. The van der Waals surface area contributed by atoms with Gasteiger partial charge in [-0.2, -0.15) is 0 Å². The summed E-state index contributed by atoms with van der Waals surface area (Å²) in [5.74, 6) is 0. The van der Waals surface area contributed by atoms with E-state index in [9.17, 15) is 20.2 Å². The van der Waals surface area contributed by atoms with E-state index in [1.807, 2.05) is 0 Å². The summed E-state index contributed by atoms with van der Waals surface area (Å²) in [6, 6.07) is 0. The van der Waals surface area contributed by atoms with Crippen molar-refractivity contribution in [2.45, 2.75) is 47.1 Å². The van der Waals surface area contributed by atoms with Crippen molar-refractivity contribution >= 4 is 21.6 Å². The van der Waals surface area contributed by atoms with Gasteiger partial charge >= 0.3 is 0 Å². The largest absolute Gasteiger partial charge is 0.372 e. The number of ether oxygens (including phenoxy) is 4. The minimum Gasteiger partial charge on any atom is -0.372 e. The van der Waals surface area contributed by atoms with Crippen LogP contribution in [-0.4, -0.2) is 83.7 Å². The zero-order valence-corrected chi connectivity index (χ0v) is 14.9. The van der Waals surface area contributed by atoms with Gasteiger partial charge in [0.1, 0.15) is 24.4 Å². The summed E-state index contributed by atoms with van der Waals surface area (Å²) in [5, 5.41) is 19.4. The van der Waals surface area contributed by atoms with Gasteiger partial charge in [0, 0.05) is 0 Å². The first-order chi connectivity index (χ1) is 12.5. The average Bonchev–Trinajstić information content (AvgIpc) is 3.30. The number of nitrogens with zero attached hydrogens (tertiary/aromatic N) is 2. The van der Waals surface area contributed by atoms with Crippen LogP contribution in [0.15, 0.2) is 0 Å². The van der Waals surface area contributed by atoms with Crippen LogP contribution < -0.4 is 0 Å². The first kappa shape index (κ1) is 18.3. The van der Waals surface area contributed by atoms with E-state index in [4.69, 9.17) is 18.9 Å². The zero-order valence-electron chi connectivity index (χ0n) is 13.2. The fourth-order valence-corrected chi connectivity index (χ4v) is 6.65.